The number of rotatable bonds is 75. The van der Waals surface area contributed by atoms with E-state index in [1.807, 2.05) is 0 Å². The fourth-order valence-electron chi connectivity index (χ4n) is 15.2. The molecule has 1 unspecified atom stereocenters. The van der Waals surface area contributed by atoms with Gasteiger partial charge in [-0.1, -0.05) is 311 Å². The van der Waals surface area contributed by atoms with Crippen molar-refractivity contribution in [2.24, 2.45) is 0 Å². The quantitative estimate of drug-likeness (QED) is 0.0117. The molecule has 680 valence electrons. The van der Waals surface area contributed by atoms with Crippen LogP contribution < -0.4 is 21.9 Å². The molecule has 0 aromatic rings. The highest BCUT2D eigenvalue weighted by molar-refractivity contribution is 7.46. The number of nitrogens with one attached hydrogen (secondary N) is 2. The van der Waals surface area contributed by atoms with Crippen molar-refractivity contribution in [3.8, 4) is 0 Å². The molecular weight excluding hydrogens is 1520 g/mol. The number of carboxylic acids is 2. The second-order valence-corrected chi connectivity index (χ2v) is 33.8. The van der Waals surface area contributed by atoms with E-state index < -0.39 is 173 Å². The highest BCUT2D eigenvalue weighted by Gasteiger charge is 2.59. The van der Waals surface area contributed by atoms with Gasteiger partial charge in [-0.3, -0.25) is 33.3 Å². The lowest BCUT2D eigenvalue weighted by Gasteiger charge is -2.49. The van der Waals surface area contributed by atoms with E-state index in [2.05, 4.69) is 52.2 Å². The number of aliphatic carboxylic acids is 2. The summed E-state index contributed by atoms with van der Waals surface area (Å²) in [5.74, 6) is -8.72. The van der Waals surface area contributed by atoms with E-state index in [9.17, 15) is 73.8 Å². The predicted octanol–water partition coefficient (Wildman–Crippen LogP) is 15.6. The molecular formula is C87H162N3O25P. The number of phosphoric ester groups is 1. The molecule has 2 aliphatic rings. The van der Waals surface area contributed by atoms with Crippen LogP contribution in [0.2, 0.25) is 0 Å². The number of carbonyl (C=O) groups excluding carboxylic acids is 7. The van der Waals surface area contributed by atoms with Crippen LogP contribution >= 0.6 is 7.82 Å². The zero-order valence-corrected chi connectivity index (χ0v) is 73.5. The first-order chi connectivity index (χ1) is 55.3. The number of aliphatic hydroxyl groups excluding tert-OH is 4. The highest BCUT2D eigenvalue weighted by atomic mass is 31.2. The van der Waals surface area contributed by atoms with Crippen molar-refractivity contribution in [3.05, 3.63) is 0 Å². The van der Waals surface area contributed by atoms with Gasteiger partial charge in [0, 0.05) is 19.3 Å². The third kappa shape index (κ3) is 52.0. The van der Waals surface area contributed by atoms with E-state index in [1.165, 1.54) is 0 Å². The Kier molecular flexibility index (Phi) is 65.3. The summed E-state index contributed by atoms with van der Waals surface area (Å²) < 4.78 is 61.3. The number of ether oxygens (including phenoxy) is 7. The Balaban J connectivity index is 0.0000673. The molecule has 0 saturated carbocycles. The lowest BCUT2D eigenvalue weighted by atomic mass is 9.86. The Morgan fingerprint density at radius 1 is 0.414 bits per heavy atom. The summed E-state index contributed by atoms with van der Waals surface area (Å²) in [6.45, 7) is 11.6. The molecule has 2 saturated heterocycles. The number of amides is 2. The Labute approximate surface area is 695 Å². The molecule has 15 atom stereocenters. The van der Waals surface area contributed by atoms with Crippen molar-refractivity contribution < 1.29 is 121 Å². The van der Waals surface area contributed by atoms with Crippen LogP contribution in [0.1, 0.15) is 408 Å². The summed E-state index contributed by atoms with van der Waals surface area (Å²) in [6, 6.07) is -4.27. The topological polar surface area (TPSA) is 453 Å². The Hall–Kier alpha value is -4.45. The number of quaternary nitrogens is 1. The molecule has 28 nitrogen and oxygen atoms in total. The minimum atomic E-state index is -5.99. The smallest absolute Gasteiger partial charge is 0.470 e. The second-order valence-electron chi connectivity index (χ2n) is 32.6. The summed E-state index contributed by atoms with van der Waals surface area (Å²) >= 11 is 0. The maximum absolute atomic E-state index is 15.2. The van der Waals surface area contributed by atoms with E-state index >= 15 is 9.59 Å². The molecule has 2 aliphatic heterocycles. The number of hydrogen-bond donors (Lipinski definition) is 10. The van der Waals surface area contributed by atoms with Gasteiger partial charge in [0.2, 0.25) is 11.8 Å². The van der Waals surface area contributed by atoms with E-state index in [-0.39, 0.29) is 44.7 Å². The highest BCUT2D eigenvalue weighted by Crippen LogP contribution is 2.44. The molecule has 0 bridgehead atoms. The average molecular weight is 1680 g/mol. The molecule has 2 fully saturated rings. The van der Waals surface area contributed by atoms with Crippen LogP contribution in [0.25, 0.3) is 0 Å². The molecule has 0 aliphatic carbocycles. The molecule has 116 heavy (non-hydrogen) atoms. The molecule has 0 spiro atoms. The van der Waals surface area contributed by atoms with Crippen LogP contribution in [-0.4, -0.2) is 181 Å². The fraction of sp³-hybridized carbons (Fsp3) is 0.908. The molecule has 13 N–H and O–H groups in total. The SMILES string of the molecule is CCCCCCCCCCC[C@H](CC(=O)N[C@H]1[C@H](OC[C@H](NC(=O)C[C@@H](CCCCCCCCCCC)OC(=O)CCCCCCCCC)C(=O)[O-])O[C@H](C(O)[C@@H]2O[C@H](C(=O)O)[C@@H](O)[C@H](O)[C@H]2O)[C@@H](OP(=O)(O)O)[C@@H]1OC(=O)C[C@@H](CCCCCCCCCCC)OC(=O)CCCCCCCCC)OC(=O)CCCCCCCCC.[NH4+]. The summed E-state index contributed by atoms with van der Waals surface area (Å²) in [6.07, 6.45) is 16.4. The molecule has 2 heterocycles. The van der Waals surface area contributed by atoms with Gasteiger partial charge in [-0.25, -0.2) is 9.36 Å². The van der Waals surface area contributed by atoms with Gasteiger partial charge in [0.15, 0.2) is 18.5 Å². The number of phosphoric acid groups is 1. The molecule has 0 radical (unpaired) electrons. The van der Waals surface area contributed by atoms with E-state index in [0.29, 0.717) is 51.4 Å². The average Bonchev–Trinajstić information content (AvgIpc) is 0.757. The summed E-state index contributed by atoms with van der Waals surface area (Å²) in [5.41, 5.74) is 0. The molecule has 0 aromatic carbocycles. The van der Waals surface area contributed by atoms with Gasteiger partial charge in [0.1, 0.15) is 67.1 Å². The van der Waals surface area contributed by atoms with Crippen molar-refractivity contribution in [1.29, 1.82) is 0 Å². The minimum Gasteiger partial charge on any atom is -0.548 e. The fourth-order valence-corrected chi connectivity index (χ4v) is 15.7. The van der Waals surface area contributed by atoms with Gasteiger partial charge in [-0.2, -0.15) is 0 Å². The Bertz CT molecular complexity index is 2610. The summed E-state index contributed by atoms with van der Waals surface area (Å²) in [7, 11) is -5.99. The third-order valence-electron chi connectivity index (χ3n) is 22.0. The van der Waals surface area contributed by atoms with Crippen molar-refractivity contribution >= 4 is 55.5 Å². The molecule has 2 amide bonds. The minimum absolute atomic E-state index is 0. The van der Waals surface area contributed by atoms with Gasteiger partial charge < -0.3 is 95.2 Å². The zero-order valence-electron chi connectivity index (χ0n) is 72.6. The van der Waals surface area contributed by atoms with Gasteiger partial charge in [-0.05, 0) is 57.8 Å². The van der Waals surface area contributed by atoms with Gasteiger partial charge >= 0.3 is 37.7 Å². The van der Waals surface area contributed by atoms with Crippen LogP contribution in [0.3, 0.4) is 0 Å². The Morgan fingerprint density at radius 3 is 1.08 bits per heavy atom. The second kappa shape index (κ2) is 69.1. The third-order valence-corrected chi connectivity index (χ3v) is 22.5. The lowest BCUT2D eigenvalue weighted by Crippen LogP contribution is -2.71. The number of carboxylic acid groups (broad SMARTS) is 2. The van der Waals surface area contributed by atoms with Crippen LogP contribution in [0, 0.1) is 0 Å². The normalized spacial score (nSPS) is 20.8. The summed E-state index contributed by atoms with van der Waals surface area (Å²) in [4.78, 5) is 133. The lowest BCUT2D eigenvalue weighted by molar-refractivity contribution is -0.318. The van der Waals surface area contributed by atoms with E-state index in [1.54, 1.807) is 0 Å². The predicted molar refractivity (Wildman–Crippen MR) is 443 cm³/mol. The zero-order chi connectivity index (χ0) is 84.9. The van der Waals surface area contributed by atoms with Crippen LogP contribution in [0.15, 0.2) is 0 Å². The number of carbonyl (C=O) groups is 8. The first kappa shape index (κ1) is 110. The van der Waals surface area contributed by atoms with Crippen molar-refractivity contribution in [1.82, 2.24) is 16.8 Å². The monoisotopic (exact) mass is 1680 g/mol. The first-order valence-electron chi connectivity index (χ1n) is 45.5. The maximum Gasteiger partial charge on any atom is 0.470 e. The van der Waals surface area contributed by atoms with Gasteiger partial charge in [-0.15, -0.1) is 0 Å². The molecule has 29 heteroatoms. The van der Waals surface area contributed by atoms with Crippen LogP contribution in [0.4, 0.5) is 0 Å². The molecule has 0 aromatic heterocycles. The van der Waals surface area contributed by atoms with Crippen LogP contribution in [0.5, 0.6) is 0 Å². The first-order valence-corrected chi connectivity index (χ1v) is 47.1. The van der Waals surface area contributed by atoms with Crippen LogP contribution in [-0.2, 0) is 80.6 Å². The largest absolute Gasteiger partial charge is 0.548 e. The van der Waals surface area contributed by atoms with Gasteiger partial charge in [0.05, 0.1) is 37.9 Å². The van der Waals surface area contributed by atoms with E-state index in [4.69, 9.17) is 37.7 Å². The maximum atomic E-state index is 15.2. The number of esters is 4. The van der Waals surface area contributed by atoms with Crippen molar-refractivity contribution in [3.63, 3.8) is 0 Å². The summed E-state index contributed by atoms with van der Waals surface area (Å²) in [5, 5.41) is 74.5. The van der Waals surface area contributed by atoms with Crippen molar-refractivity contribution in [2.45, 2.75) is 499 Å². The number of unbranched alkanes of at least 4 members (excludes halogenated alkanes) is 42. The Morgan fingerprint density at radius 2 is 0.741 bits per heavy atom. The standard InChI is InChI=1S/C87H159N2O25P.H3N/c1-7-13-19-25-31-34-40-43-49-55-65(108-71(92)58-52-46-37-28-22-16-10-4)61-69(90)88-68(85(100)101)64-107-87-75(89-70(91)62-66(56-50-44-41-35-32-26-20-14-8-2)109-72(93)59-53-47-38-29-23-17-11-5)80(84(114-115(104,105)106)82(113-87)79(99)81-77(97)76(96)78(98)83(112-81)86(102)103)111-74(95)63-67(57-51-45-42-36-33-27-21-15-9-3)110-73(94)60-54-48-39-30-24-18-12-6;/h65-68,75-84,87,96-99H,7-64H2,1-6H3,(H,88,90)(H,89,91)(H,100,101)(H,102,103)(H2,104,105,106);1H3/t65-,66-,67-,68+,75-,76-,77-,78+,79?,80-,81-,82-,83+,84+,87-;/m1./s1. The number of hydrogen-bond acceptors (Lipinski definition) is 22. The van der Waals surface area contributed by atoms with Crippen molar-refractivity contribution in [2.75, 3.05) is 6.61 Å². The number of aliphatic hydroxyl groups is 4. The molecule has 2 rings (SSSR count). The van der Waals surface area contributed by atoms with E-state index in [0.717, 1.165) is 257 Å². The van der Waals surface area contributed by atoms with Gasteiger partial charge in [0.25, 0.3) is 0 Å².